The maximum atomic E-state index is 5.89. The number of aryl methyl sites for hydroxylation is 1. The summed E-state index contributed by atoms with van der Waals surface area (Å²) in [7, 11) is 0. The van der Waals surface area contributed by atoms with Crippen LogP contribution in [0, 0.1) is 5.92 Å². The van der Waals surface area contributed by atoms with E-state index in [1.165, 1.54) is 36.8 Å². The van der Waals surface area contributed by atoms with Gasteiger partial charge in [-0.15, -0.1) is 0 Å². The van der Waals surface area contributed by atoms with Gasteiger partial charge in [0.25, 0.3) is 0 Å². The predicted octanol–water partition coefficient (Wildman–Crippen LogP) is 3.89. The third-order valence-electron chi connectivity index (χ3n) is 4.14. The second kappa shape index (κ2) is 7.66. The Morgan fingerprint density at radius 2 is 1.68 bits per heavy atom. The van der Waals surface area contributed by atoms with E-state index in [0.717, 1.165) is 18.9 Å². The quantitative estimate of drug-likeness (QED) is 0.619. The van der Waals surface area contributed by atoms with Crippen LogP contribution < -0.4 is 5.32 Å². The molecule has 0 bridgehead atoms. The highest BCUT2D eigenvalue weighted by molar-refractivity contribution is 5.22. The van der Waals surface area contributed by atoms with Crippen molar-refractivity contribution in [2.45, 2.75) is 58.6 Å². The average molecular weight is 261 g/mol. The minimum Gasteiger partial charge on any atom is -0.363 e. The fourth-order valence-electron chi connectivity index (χ4n) is 2.66. The molecule has 0 saturated heterocycles. The minimum absolute atomic E-state index is 0.478. The molecule has 1 aromatic rings. The summed E-state index contributed by atoms with van der Waals surface area (Å²) in [4.78, 5) is 0. The van der Waals surface area contributed by atoms with Crippen LogP contribution in [0.5, 0.6) is 0 Å². The molecule has 19 heavy (non-hydrogen) atoms. The van der Waals surface area contributed by atoms with Crippen molar-refractivity contribution in [3.05, 3.63) is 35.4 Å². The first kappa shape index (κ1) is 14.5. The Bertz CT molecular complexity index is 352. The van der Waals surface area contributed by atoms with Crippen LogP contribution >= 0.6 is 0 Å². The van der Waals surface area contributed by atoms with Gasteiger partial charge >= 0.3 is 0 Å². The first-order chi connectivity index (χ1) is 9.28. The van der Waals surface area contributed by atoms with Gasteiger partial charge in [0.05, 0.1) is 12.8 Å². The van der Waals surface area contributed by atoms with Crippen LogP contribution in [-0.4, -0.2) is 12.8 Å². The SMILES string of the molecule is CCc1ccc(CNCOC2CCC(C)CC2)cc1. The molecule has 0 unspecified atom stereocenters. The molecule has 2 rings (SSSR count). The molecule has 1 fully saturated rings. The van der Waals surface area contributed by atoms with Crippen LogP contribution in [0.25, 0.3) is 0 Å². The van der Waals surface area contributed by atoms with E-state index in [0.29, 0.717) is 12.8 Å². The van der Waals surface area contributed by atoms with Crippen LogP contribution in [-0.2, 0) is 17.7 Å². The van der Waals surface area contributed by atoms with Gasteiger partial charge in [-0.3, -0.25) is 5.32 Å². The summed E-state index contributed by atoms with van der Waals surface area (Å²) in [5.74, 6) is 0.893. The zero-order valence-electron chi connectivity index (χ0n) is 12.3. The molecule has 0 radical (unpaired) electrons. The summed E-state index contributed by atoms with van der Waals surface area (Å²) < 4.78 is 5.89. The monoisotopic (exact) mass is 261 g/mol. The highest BCUT2D eigenvalue weighted by Gasteiger charge is 2.18. The average Bonchev–Trinajstić information content (AvgIpc) is 2.46. The maximum Gasteiger partial charge on any atom is 0.0971 e. The summed E-state index contributed by atoms with van der Waals surface area (Å²) in [6.07, 6.45) is 6.69. The van der Waals surface area contributed by atoms with Crippen molar-refractivity contribution in [1.29, 1.82) is 0 Å². The number of hydrogen-bond donors (Lipinski definition) is 1. The van der Waals surface area contributed by atoms with E-state index in [2.05, 4.69) is 43.4 Å². The van der Waals surface area contributed by atoms with E-state index in [1.54, 1.807) is 0 Å². The van der Waals surface area contributed by atoms with E-state index < -0.39 is 0 Å². The van der Waals surface area contributed by atoms with Gasteiger partial charge in [-0.2, -0.15) is 0 Å². The second-order valence-electron chi connectivity index (χ2n) is 5.79. The molecule has 0 aliphatic heterocycles. The maximum absolute atomic E-state index is 5.89. The van der Waals surface area contributed by atoms with E-state index in [9.17, 15) is 0 Å². The van der Waals surface area contributed by atoms with Gasteiger partial charge in [-0.1, -0.05) is 38.1 Å². The molecule has 1 aromatic carbocycles. The smallest absolute Gasteiger partial charge is 0.0971 e. The van der Waals surface area contributed by atoms with Gasteiger partial charge in [0.15, 0.2) is 0 Å². The Balaban J connectivity index is 1.61. The number of hydrogen-bond acceptors (Lipinski definition) is 2. The zero-order chi connectivity index (χ0) is 13.5. The third-order valence-corrected chi connectivity index (χ3v) is 4.14. The molecule has 0 amide bonds. The molecule has 2 nitrogen and oxygen atoms in total. The van der Waals surface area contributed by atoms with Crippen LogP contribution in [0.1, 0.15) is 50.7 Å². The van der Waals surface area contributed by atoms with Crippen molar-refractivity contribution in [3.63, 3.8) is 0 Å². The van der Waals surface area contributed by atoms with Crippen molar-refractivity contribution >= 4 is 0 Å². The molecule has 0 atom stereocenters. The van der Waals surface area contributed by atoms with Gasteiger partial charge in [0.2, 0.25) is 0 Å². The minimum atomic E-state index is 0.478. The van der Waals surface area contributed by atoms with Gasteiger partial charge < -0.3 is 4.74 Å². The molecule has 106 valence electrons. The molecule has 1 aliphatic carbocycles. The van der Waals surface area contributed by atoms with Gasteiger partial charge in [0, 0.05) is 6.54 Å². The topological polar surface area (TPSA) is 21.3 Å². The van der Waals surface area contributed by atoms with Gasteiger partial charge in [-0.25, -0.2) is 0 Å². The fraction of sp³-hybridized carbons (Fsp3) is 0.647. The van der Waals surface area contributed by atoms with E-state index >= 15 is 0 Å². The molecular weight excluding hydrogens is 234 g/mol. The van der Waals surface area contributed by atoms with Crippen LogP contribution in [0.4, 0.5) is 0 Å². The number of ether oxygens (including phenoxy) is 1. The molecule has 0 heterocycles. The normalized spacial score (nSPS) is 23.5. The van der Waals surface area contributed by atoms with Crippen LogP contribution in [0.3, 0.4) is 0 Å². The molecule has 0 aromatic heterocycles. The number of benzene rings is 1. The van der Waals surface area contributed by atoms with Crippen LogP contribution in [0.2, 0.25) is 0 Å². The van der Waals surface area contributed by atoms with Crippen molar-refractivity contribution in [2.75, 3.05) is 6.73 Å². The first-order valence-electron chi connectivity index (χ1n) is 7.68. The Hall–Kier alpha value is -0.860. The summed E-state index contributed by atoms with van der Waals surface area (Å²) in [6, 6.07) is 8.82. The molecule has 1 N–H and O–H groups in total. The lowest BCUT2D eigenvalue weighted by molar-refractivity contribution is 0.00909. The summed E-state index contributed by atoms with van der Waals surface area (Å²) in [5, 5.41) is 3.38. The van der Waals surface area contributed by atoms with Crippen molar-refractivity contribution in [2.24, 2.45) is 5.92 Å². The lowest BCUT2D eigenvalue weighted by atomic mass is 9.89. The predicted molar refractivity (Wildman–Crippen MR) is 80.0 cm³/mol. The molecular formula is C17H27NO. The Morgan fingerprint density at radius 3 is 2.32 bits per heavy atom. The Kier molecular flexibility index (Phi) is 5.87. The summed E-state index contributed by atoms with van der Waals surface area (Å²) in [6.45, 7) is 6.10. The molecule has 2 heteroatoms. The van der Waals surface area contributed by atoms with Crippen molar-refractivity contribution < 1.29 is 4.74 Å². The lowest BCUT2D eigenvalue weighted by Crippen LogP contribution is -2.26. The summed E-state index contributed by atoms with van der Waals surface area (Å²) in [5.41, 5.74) is 2.73. The highest BCUT2D eigenvalue weighted by Crippen LogP contribution is 2.25. The number of rotatable bonds is 6. The third kappa shape index (κ3) is 4.96. The fourth-order valence-corrected chi connectivity index (χ4v) is 2.66. The Labute approximate surface area is 117 Å². The summed E-state index contributed by atoms with van der Waals surface area (Å²) >= 11 is 0. The van der Waals surface area contributed by atoms with Gasteiger partial charge in [0.1, 0.15) is 0 Å². The van der Waals surface area contributed by atoms with Crippen molar-refractivity contribution in [1.82, 2.24) is 5.32 Å². The second-order valence-corrected chi connectivity index (χ2v) is 5.79. The van der Waals surface area contributed by atoms with E-state index in [1.807, 2.05) is 0 Å². The molecule has 0 spiro atoms. The molecule has 1 aliphatic rings. The molecule has 1 saturated carbocycles. The van der Waals surface area contributed by atoms with E-state index in [4.69, 9.17) is 4.74 Å². The zero-order valence-corrected chi connectivity index (χ0v) is 12.3. The lowest BCUT2D eigenvalue weighted by Gasteiger charge is -2.26. The van der Waals surface area contributed by atoms with Gasteiger partial charge in [-0.05, 0) is 49.1 Å². The Morgan fingerprint density at radius 1 is 1.05 bits per heavy atom. The number of nitrogens with one attached hydrogen (secondary N) is 1. The van der Waals surface area contributed by atoms with E-state index in [-0.39, 0.29) is 0 Å². The standard InChI is InChI=1S/C17H27NO/c1-3-15-6-8-16(9-7-15)12-18-13-19-17-10-4-14(2)5-11-17/h6-9,14,17-18H,3-5,10-13H2,1-2H3. The van der Waals surface area contributed by atoms with Crippen LogP contribution in [0.15, 0.2) is 24.3 Å². The first-order valence-corrected chi connectivity index (χ1v) is 7.68. The largest absolute Gasteiger partial charge is 0.363 e. The highest BCUT2D eigenvalue weighted by atomic mass is 16.5. The van der Waals surface area contributed by atoms with Crippen molar-refractivity contribution in [3.8, 4) is 0 Å².